The molecule has 2 heterocycles. The number of nitrogens with one attached hydrogen (secondary N) is 1. The number of anilines is 1. The number of carbonyl (C=O) groups is 1. The number of rotatable bonds is 6. The van der Waals surface area contributed by atoms with Crippen LogP contribution in [0.3, 0.4) is 0 Å². The van der Waals surface area contributed by atoms with Crippen LogP contribution in [0, 0.1) is 0 Å². The first-order valence-electron chi connectivity index (χ1n) is 10.1. The molecule has 34 heavy (non-hydrogen) atoms. The molecule has 10 nitrogen and oxygen atoms in total. The van der Waals surface area contributed by atoms with Gasteiger partial charge in [-0.3, -0.25) is 4.79 Å². The Morgan fingerprint density at radius 3 is 2.56 bits per heavy atom. The number of nitrogens with zero attached hydrogens (tertiary/aromatic N) is 5. The molecule has 1 saturated heterocycles. The first kappa shape index (κ1) is 23.8. The third kappa shape index (κ3) is 5.40. The van der Waals surface area contributed by atoms with Crippen LogP contribution in [0.2, 0.25) is 0 Å². The van der Waals surface area contributed by atoms with Crippen LogP contribution in [0.1, 0.15) is 5.56 Å². The van der Waals surface area contributed by atoms with E-state index in [0.717, 1.165) is 16.9 Å². The number of ether oxygens (including phenoxy) is 1. The summed E-state index contributed by atoms with van der Waals surface area (Å²) < 4.78 is 70.8. The molecule has 0 atom stereocenters. The lowest BCUT2D eigenvalue weighted by Gasteiger charge is -2.26. The Labute approximate surface area is 192 Å². The van der Waals surface area contributed by atoms with Crippen LogP contribution in [-0.4, -0.2) is 65.1 Å². The smallest absolute Gasteiger partial charge is 0.379 e. The van der Waals surface area contributed by atoms with Crippen molar-refractivity contribution >= 4 is 21.6 Å². The van der Waals surface area contributed by atoms with E-state index in [1.807, 2.05) is 0 Å². The van der Waals surface area contributed by atoms with Crippen LogP contribution >= 0.6 is 0 Å². The van der Waals surface area contributed by atoms with Crippen molar-refractivity contribution in [3.8, 4) is 11.4 Å². The Bertz CT molecular complexity index is 1290. The molecule has 4 rings (SSSR count). The number of amides is 1. The molecule has 0 spiro atoms. The molecule has 14 heteroatoms. The number of tetrazole rings is 1. The minimum atomic E-state index is -4.52. The fourth-order valence-corrected chi connectivity index (χ4v) is 4.71. The number of hydrogen-bond donors (Lipinski definition) is 1. The molecule has 1 aliphatic heterocycles. The van der Waals surface area contributed by atoms with E-state index >= 15 is 0 Å². The Morgan fingerprint density at radius 1 is 1.09 bits per heavy atom. The summed E-state index contributed by atoms with van der Waals surface area (Å²) in [5, 5.41) is 13.9. The quantitative estimate of drug-likeness (QED) is 0.555. The Balaban J connectivity index is 1.43. The SMILES string of the molecule is O=C(Cn1nnc(-c2cccc(C(F)(F)F)c2)n1)Nc1cccc(S(=O)(=O)N2CCOCC2)c1. The molecular weight excluding hydrogens is 477 g/mol. The third-order valence-corrected chi connectivity index (χ3v) is 6.81. The number of carbonyl (C=O) groups excluding carboxylic acids is 1. The number of morpholine rings is 1. The van der Waals surface area contributed by atoms with Crippen molar-refractivity contribution in [3.05, 3.63) is 54.1 Å². The van der Waals surface area contributed by atoms with E-state index in [2.05, 4.69) is 20.7 Å². The molecule has 0 radical (unpaired) electrons. The van der Waals surface area contributed by atoms with Crippen molar-refractivity contribution < 1.29 is 31.1 Å². The second-order valence-corrected chi connectivity index (χ2v) is 9.25. The van der Waals surface area contributed by atoms with Gasteiger partial charge in [-0.15, -0.1) is 10.2 Å². The van der Waals surface area contributed by atoms with Gasteiger partial charge in [-0.1, -0.05) is 18.2 Å². The van der Waals surface area contributed by atoms with Gasteiger partial charge < -0.3 is 10.1 Å². The summed E-state index contributed by atoms with van der Waals surface area (Å²) in [6.07, 6.45) is -4.52. The molecule has 1 fully saturated rings. The van der Waals surface area contributed by atoms with Gasteiger partial charge in [0.1, 0.15) is 6.54 Å². The van der Waals surface area contributed by atoms with Gasteiger partial charge in [0.25, 0.3) is 0 Å². The maximum atomic E-state index is 12.9. The van der Waals surface area contributed by atoms with Crippen LogP contribution in [0.25, 0.3) is 11.4 Å². The first-order valence-corrected chi connectivity index (χ1v) is 11.5. The normalized spacial score (nSPS) is 15.3. The van der Waals surface area contributed by atoms with Crippen LogP contribution in [-0.2, 0) is 32.3 Å². The number of benzene rings is 2. The average Bonchev–Trinajstić information content (AvgIpc) is 3.27. The van der Waals surface area contributed by atoms with Gasteiger partial charge in [-0.25, -0.2) is 8.42 Å². The third-order valence-electron chi connectivity index (χ3n) is 4.91. The summed E-state index contributed by atoms with van der Waals surface area (Å²) in [5.74, 6) is -0.647. The van der Waals surface area contributed by atoms with E-state index in [1.54, 1.807) is 0 Å². The van der Waals surface area contributed by atoms with Gasteiger partial charge in [0.2, 0.25) is 21.8 Å². The molecule has 1 amide bonds. The van der Waals surface area contributed by atoms with Gasteiger partial charge >= 0.3 is 6.18 Å². The number of halogens is 3. The van der Waals surface area contributed by atoms with Gasteiger partial charge in [0.05, 0.1) is 23.7 Å². The lowest BCUT2D eigenvalue weighted by molar-refractivity contribution is -0.137. The van der Waals surface area contributed by atoms with Crippen LogP contribution in [0.15, 0.2) is 53.4 Å². The Morgan fingerprint density at radius 2 is 1.82 bits per heavy atom. The zero-order valence-corrected chi connectivity index (χ0v) is 18.4. The molecule has 0 saturated carbocycles. The topological polar surface area (TPSA) is 119 Å². The number of aromatic nitrogens is 4. The monoisotopic (exact) mass is 496 g/mol. The van der Waals surface area contributed by atoms with Crippen molar-refractivity contribution in [3.63, 3.8) is 0 Å². The van der Waals surface area contributed by atoms with Crippen molar-refractivity contribution in [2.45, 2.75) is 17.6 Å². The second kappa shape index (κ2) is 9.48. The highest BCUT2D eigenvalue weighted by Crippen LogP contribution is 2.31. The van der Waals surface area contributed by atoms with Crippen molar-refractivity contribution in [2.24, 2.45) is 0 Å². The summed E-state index contributed by atoms with van der Waals surface area (Å²) in [6.45, 7) is 0.717. The zero-order chi connectivity index (χ0) is 24.3. The minimum Gasteiger partial charge on any atom is -0.379 e. The first-order chi connectivity index (χ1) is 16.1. The molecule has 180 valence electrons. The van der Waals surface area contributed by atoms with Crippen LogP contribution in [0.5, 0.6) is 0 Å². The van der Waals surface area contributed by atoms with Crippen molar-refractivity contribution in [1.82, 2.24) is 24.5 Å². The maximum absolute atomic E-state index is 12.9. The summed E-state index contributed by atoms with van der Waals surface area (Å²) in [4.78, 5) is 13.4. The highest BCUT2D eigenvalue weighted by Gasteiger charge is 2.31. The Kier molecular flexibility index (Phi) is 6.63. The molecule has 0 unspecified atom stereocenters. The van der Waals surface area contributed by atoms with Gasteiger partial charge in [0.15, 0.2) is 0 Å². The highest BCUT2D eigenvalue weighted by molar-refractivity contribution is 7.89. The highest BCUT2D eigenvalue weighted by atomic mass is 32.2. The van der Waals surface area contributed by atoms with E-state index < -0.39 is 27.7 Å². The molecule has 2 aromatic carbocycles. The summed E-state index contributed by atoms with van der Waals surface area (Å²) in [7, 11) is -3.74. The molecule has 3 aromatic rings. The Hall–Kier alpha value is -3.36. The number of alkyl halides is 3. The largest absolute Gasteiger partial charge is 0.416 e. The summed E-state index contributed by atoms with van der Waals surface area (Å²) in [5.41, 5.74) is -0.508. The molecule has 0 bridgehead atoms. The van der Waals surface area contributed by atoms with E-state index in [9.17, 15) is 26.4 Å². The van der Waals surface area contributed by atoms with Gasteiger partial charge in [0, 0.05) is 24.3 Å². The molecule has 1 N–H and O–H groups in total. The van der Waals surface area contributed by atoms with E-state index in [1.165, 1.54) is 40.7 Å². The zero-order valence-electron chi connectivity index (χ0n) is 17.6. The maximum Gasteiger partial charge on any atom is 0.416 e. The molecule has 1 aromatic heterocycles. The molecule has 0 aliphatic carbocycles. The van der Waals surface area contributed by atoms with Gasteiger partial charge in [-0.05, 0) is 35.5 Å². The lowest BCUT2D eigenvalue weighted by Crippen LogP contribution is -2.40. The van der Waals surface area contributed by atoms with E-state index in [4.69, 9.17) is 4.74 Å². The molecule has 1 aliphatic rings. The lowest BCUT2D eigenvalue weighted by atomic mass is 10.1. The van der Waals surface area contributed by atoms with Crippen LogP contribution in [0.4, 0.5) is 18.9 Å². The predicted molar refractivity (Wildman–Crippen MR) is 113 cm³/mol. The molecular formula is C20H19F3N6O4S. The van der Waals surface area contributed by atoms with Crippen LogP contribution < -0.4 is 5.32 Å². The summed E-state index contributed by atoms with van der Waals surface area (Å²) in [6, 6.07) is 10.2. The van der Waals surface area contributed by atoms with E-state index in [-0.39, 0.29) is 41.6 Å². The van der Waals surface area contributed by atoms with Crippen molar-refractivity contribution in [1.29, 1.82) is 0 Å². The predicted octanol–water partition coefficient (Wildman–Crippen LogP) is 2.02. The second-order valence-electron chi connectivity index (χ2n) is 7.31. The van der Waals surface area contributed by atoms with Crippen molar-refractivity contribution in [2.75, 3.05) is 31.6 Å². The fraction of sp³-hybridized carbons (Fsp3) is 0.300. The standard InChI is InChI=1S/C20H19F3N6O4S/c21-20(22,23)15-4-1-3-14(11-15)19-25-27-29(26-19)13-18(30)24-16-5-2-6-17(12-16)34(31,32)28-7-9-33-10-8-28/h1-6,11-12H,7-10,13H2,(H,24,30). The number of hydrogen-bond acceptors (Lipinski definition) is 7. The van der Waals surface area contributed by atoms with E-state index in [0.29, 0.717) is 13.2 Å². The summed E-state index contributed by atoms with van der Waals surface area (Å²) >= 11 is 0. The average molecular weight is 496 g/mol. The minimum absolute atomic E-state index is 0.0258. The fourth-order valence-electron chi connectivity index (χ4n) is 3.26. The number of sulfonamides is 1. The van der Waals surface area contributed by atoms with Gasteiger partial charge in [-0.2, -0.15) is 22.3 Å².